The topological polar surface area (TPSA) is 132 Å². The summed E-state index contributed by atoms with van der Waals surface area (Å²) in [6.07, 6.45) is 8.15. The third kappa shape index (κ3) is 5.97. The number of rotatable bonds is 4. The lowest BCUT2D eigenvalue weighted by Gasteiger charge is -2.35. The molecule has 0 saturated carbocycles. The van der Waals surface area contributed by atoms with Gasteiger partial charge in [0, 0.05) is 44.3 Å². The van der Waals surface area contributed by atoms with Crippen molar-refractivity contribution in [3.05, 3.63) is 82.9 Å². The molecule has 0 radical (unpaired) electrons. The van der Waals surface area contributed by atoms with Gasteiger partial charge in [-0.2, -0.15) is 10.2 Å². The first-order valence-corrected chi connectivity index (χ1v) is 13.6. The summed E-state index contributed by atoms with van der Waals surface area (Å²) in [5, 5.41) is 16.2. The number of carbonyl (C=O) groups excluding carboxylic acids is 1. The van der Waals surface area contributed by atoms with E-state index in [-0.39, 0.29) is 12.5 Å². The fourth-order valence-corrected chi connectivity index (χ4v) is 5.02. The number of amides is 1. The van der Waals surface area contributed by atoms with Crippen LogP contribution in [-0.4, -0.2) is 63.5 Å². The Labute approximate surface area is 241 Å². The average molecular weight is 568 g/mol. The van der Waals surface area contributed by atoms with Gasteiger partial charge in [-0.3, -0.25) is 9.78 Å². The van der Waals surface area contributed by atoms with Crippen LogP contribution in [0.15, 0.2) is 61.2 Å². The summed E-state index contributed by atoms with van der Waals surface area (Å²) >= 11 is 6.37. The molecule has 4 aromatic rings. The Balaban J connectivity index is 1.16. The minimum absolute atomic E-state index is 0.0745. The molecule has 1 amide bonds. The number of nitrogens with one attached hydrogen (secondary N) is 2. The monoisotopic (exact) mass is 567 g/mol. The zero-order valence-corrected chi connectivity index (χ0v) is 22.8. The second kappa shape index (κ2) is 11.7. The number of nitrogens with zero attached hydrogens (tertiary/aromatic N) is 7. The van der Waals surface area contributed by atoms with Crippen LogP contribution in [0.4, 0.5) is 29.0 Å². The Morgan fingerprint density at radius 1 is 1.02 bits per heavy atom. The summed E-state index contributed by atoms with van der Waals surface area (Å²) in [5.74, 6) is 2.08. The van der Waals surface area contributed by atoms with Crippen molar-refractivity contribution in [2.45, 2.75) is 12.8 Å². The normalized spacial score (nSPS) is 14.3. The molecule has 1 aromatic carbocycles. The van der Waals surface area contributed by atoms with E-state index in [1.165, 1.54) is 0 Å². The number of ether oxygens (including phenoxy) is 1. The first-order valence-electron chi connectivity index (χ1n) is 13.2. The van der Waals surface area contributed by atoms with E-state index >= 15 is 0 Å². The van der Waals surface area contributed by atoms with Gasteiger partial charge in [0.25, 0.3) is 5.91 Å². The molecule has 6 rings (SSSR count). The highest BCUT2D eigenvalue weighted by Gasteiger charge is 2.24. The molecule has 2 aliphatic heterocycles. The number of aromatic nitrogens is 4. The highest BCUT2D eigenvalue weighted by atomic mass is 35.5. The quantitative estimate of drug-likeness (QED) is 0.371. The first kappa shape index (κ1) is 26.3. The number of pyridine rings is 2. The van der Waals surface area contributed by atoms with Crippen LogP contribution < -0.4 is 20.3 Å². The molecule has 0 atom stereocenters. The maximum atomic E-state index is 13.1. The van der Waals surface area contributed by atoms with E-state index in [9.17, 15) is 10.1 Å². The van der Waals surface area contributed by atoms with Gasteiger partial charge in [0.1, 0.15) is 22.7 Å². The predicted molar refractivity (Wildman–Crippen MR) is 155 cm³/mol. The van der Waals surface area contributed by atoms with Crippen LogP contribution in [0.5, 0.6) is 5.75 Å². The summed E-state index contributed by atoms with van der Waals surface area (Å²) in [6.45, 7) is 2.17. The molecule has 206 valence electrons. The van der Waals surface area contributed by atoms with Crippen molar-refractivity contribution < 1.29 is 9.53 Å². The lowest BCUT2D eigenvalue weighted by atomic mass is 10.0. The van der Waals surface area contributed by atoms with E-state index < -0.39 is 0 Å². The van der Waals surface area contributed by atoms with E-state index in [4.69, 9.17) is 16.3 Å². The fraction of sp³-hybridized carbons (Fsp3) is 0.241. The second-order valence-electron chi connectivity index (χ2n) is 9.69. The molecule has 2 N–H and O–H groups in total. The Morgan fingerprint density at radius 2 is 1.90 bits per heavy atom. The number of fused-ring (bicyclic) bond motifs is 6. The van der Waals surface area contributed by atoms with Gasteiger partial charge >= 0.3 is 0 Å². The molecule has 0 aliphatic carbocycles. The van der Waals surface area contributed by atoms with Crippen molar-refractivity contribution in [1.29, 1.82) is 5.26 Å². The van der Waals surface area contributed by atoms with E-state index in [0.29, 0.717) is 66.5 Å². The van der Waals surface area contributed by atoms with Crippen molar-refractivity contribution in [3.8, 4) is 11.8 Å². The Kier molecular flexibility index (Phi) is 7.47. The van der Waals surface area contributed by atoms with Crippen molar-refractivity contribution in [2.24, 2.45) is 0 Å². The summed E-state index contributed by atoms with van der Waals surface area (Å²) in [4.78, 5) is 34.4. The van der Waals surface area contributed by atoms with Crippen LogP contribution in [0.25, 0.3) is 0 Å². The second-order valence-corrected chi connectivity index (χ2v) is 10.1. The zero-order chi connectivity index (χ0) is 28.2. The molecular formula is C29H26ClN9O2. The number of hydrogen-bond donors (Lipinski definition) is 2. The summed E-state index contributed by atoms with van der Waals surface area (Å²) in [7, 11) is 0. The Bertz CT molecular complexity index is 1630. The number of halogens is 1. The highest BCUT2D eigenvalue weighted by Crippen LogP contribution is 2.30. The molecule has 1 fully saturated rings. The number of nitriles is 1. The fourth-order valence-electron chi connectivity index (χ4n) is 4.88. The number of benzene rings is 1. The van der Waals surface area contributed by atoms with Crippen LogP contribution in [0, 0.1) is 11.3 Å². The summed E-state index contributed by atoms with van der Waals surface area (Å²) in [5.41, 5.74) is 4.07. The zero-order valence-electron chi connectivity index (χ0n) is 22.0. The molecule has 0 unspecified atom stereocenters. The van der Waals surface area contributed by atoms with Crippen molar-refractivity contribution >= 4 is 46.5 Å². The van der Waals surface area contributed by atoms with Crippen LogP contribution in [-0.2, 0) is 17.6 Å². The third-order valence-corrected chi connectivity index (χ3v) is 7.27. The smallest absolute Gasteiger partial charge is 0.260 e. The van der Waals surface area contributed by atoms with E-state index in [2.05, 4.69) is 36.6 Å². The minimum atomic E-state index is -0.0894. The average Bonchev–Trinajstić information content (AvgIpc) is 3.01. The van der Waals surface area contributed by atoms with Gasteiger partial charge in [-0.25, -0.2) is 9.97 Å². The maximum Gasteiger partial charge on any atom is 0.260 e. The minimum Gasteiger partial charge on any atom is -0.483 e. The van der Waals surface area contributed by atoms with Crippen LogP contribution in [0.3, 0.4) is 0 Å². The molecule has 41 heavy (non-hydrogen) atoms. The standard InChI is InChI=1S/C29H26ClN9O2/c30-24-17-34-29-36-23-12-19(15-32-16-23)3-4-20-13-22(35-27(24)37-29)5-6-25(20)41-18-26(40)38-8-10-39(11-9-38)28-21(14-31)2-1-7-33-28/h1-2,5-7,12-13,15-17H,3-4,8-11,18H2,(H2,34,35,36,37). The number of aryl methyl sites for hydroxylation is 2. The van der Waals surface area contributed by atoms with Gasteiger partial charge in [-0.15, -0.1) is 0 Å². The number of hydrogen-bond acceptors (Lipinski definition) is 10. The van der Waals surface area contributed by atoms with Gasteiger partial charge < -0.3 is 25.2 Å². The van der Waals surface area contributed by atoms with Gasteiger partial charge in [-0.05, 0) is 60.4 Å². The molecular weight excluding hydrogens is 542 g/mol. The highest BCUT2D eigenvalue weighted by molar-refractivity contribution is 6.32. The lowest BCUT2D eigenvalue weighted by Crippen LogP contribution is -2.50. The maximum absolute atomic E-state index is 13.1. The number of piperazine rings is 1. The SMILES string of the molecule is N#Cc1cccnc1N1CCN(C(=O)COc2ccc3cc2CCc2cncc(c2)Nc2ncc(Cl)c(n2)N3)CC1. The molecule has 6 bridgehead atoms. The molecule has 1 saturated heterocycles. The first-order chi connectivity index (χ1) is 20.1. The summed E-state index contributed by atoms with van der Waals surface area (Å²) < 4.78 is 6.08. The number of anilines is 5. The van der Waals surface area contributed by atoms with E-state index in [0.717, 1.165) is 28.9 Å². The molecule has 2 aliphatic rings. The van der Waals surface area contributed by atoms with Crippen molar-refractivity contribution in [1.82, 2.24) is 24.8 Å². The molecule has 12 heteroatoms. The van der Waals surface area contributed by atoms with Gasteiger partial charge in [0.15, 0.2) is 12.4 Å². The van der Waals surface area contributed by atoms with Crippen molar-refractivity contribution in [2.75, 3.05) is 48.3 Å². The lowest BCUT2D eigenvalue weighted by molar-refractivity contribution is -0.133. The molecule has 3 aromatic heterocycles. The van der Waals surface area contributed by atoms with Gasteiger partial charge in [0.05, 0.1) is 23.6 Å². The van der Waals surface area contributed by atoms with E-state index in [1.54, 1.807) is 35.6 Å². The summed E-state index contributed by atoms with van der Waals surface area (Å²) in [6, 6.07) is 13.4. The van der Waals surface area contributed by atoms with Crippen molar-refractivity contribution in [3.63, 3.8) is 0 Å². The van der Waals surface area contributed by atoms with Gasteiger partial charge in [-0.1, -0.05) is 11.6 Å². The Morgan fingerprint density at radius 3 is 2.76 bits per heavy atom. The Hall–Kier alpha value is -4.95. The molecule has 5 heterocycles. The van der Waals surface area contributed by atoms with Crippen LogP contribution in [0.2, 0.25) is 5.02 Å². The third-order valence-electron chi connectivity index (χ3n) is 6.99. The van der Waals surface area contributed by atoms with Crippen LogP contribution in [0.1, 0.15) is 16.7 Å². The molecule has 0 spiro atoms. The number of carbonyl (C=O) groups is 1. The van der Waals surface area contributed by atoms with E-state index in [1.807, 2.05) is 35.4 Å². The predicted octanol–water partition coefficient (Wildman–Crippen LogP) is 4.11. The molecule has 11 nitrogen and oxygen atoms in total. The van der Waals surface area contributed by atoms with Crippen LogP contribution >= 0.6 is 11.6 Å². The largest absolute Gasteiger partial charge is 0.483 e. The van der Waals surface area contributed by atoms with Gasteiger partial charge in [0.2, 0.25) is 5.95 Å².